The summed E-state index contributed by atoms with van der Waals surface area (Å²) in [5.74, 6) is 0.569. The lowest BCUT2D eigenvalue weighted by Crippen LogP contribution is -2.27. The normalized spacial score (nSPS) is 17.3. The molecule has 2 rings (SSSR count). The Morgan fingerprint density at radius 3 is 2.80 bits per heavy atom. The van der Waals surface area contributed by atoms with Crippen molar-refractivity contribution in [2.45, 2.75) is 25.7 Å². The summed E-state index contributed by atoms with van der Waals surface area (Å²) in [6.07, 6.45) is 3.99. The van der Waals surface area contributed by atoms with Gasteiger partial charge in [-0.25, -0.2) is 0 Å². The van der Waals surface area contributed by atoms with Gasteiger partial charge in [-0.15, -0.1) is 0 Å². The van der Waals surface area contributed by atoms with E-state index in [-0.39, 0.29) is 0 Å². The molecule has 0 amide bonds. The molecule has 0 saturated carbocycles. The first-order chi connectivity index (χ1) is 7.31. The predicted octanol–water partition coefficient (Wildman–Crippen LogP) is 1.73. The van der Waals surface area contributed by atoms with E-state index < -0.39 is 0 Å². The molecule has 1 saturated heterocycles. The molecule has 15 heavy (non-hydrogen) atoms. The van der Waals surface area contributed by atoms with Crippen LogP contribution < -0.4 is 5.32 Å². The van der Waals surface area contributed by atoms with E-state index in [1.165, 1.54) is 5.69 Å². The van der Waals surface area contributed by atoms with E-state index in [9.17, 15) is 0 Å². The smallest absolute Gasteiger partial charge is 0.101 e. The third-order valence-corrected chi connectivity index (χ3v) is 2.97. The van der Waals surface area contributed by atoms with Crippen molar-refractivity contribution in [1.29, 1.82) is 5.26 Å². The van der Waals surface area contributed by atoms with Crippen LogP contribution in [0.25, 0.3) is 0 Å². The number of nitrogens with one attached hydrogen (secondary N) is 1. The first-order valence-corrected chi connectivity index (χ1v) is 5.38. The molecule has 78 valence electrons. The first-order valence-electron chi connectivity index (χ1n) is 5.38. The summed E-state index contributed by atoms with van der Waals surface area (Å²) in [7, 11) is 0. The summed E-state index contributed by atoms with van der Waals surface area (Å²) >= 11 is 0. The molecule has 1 aliphatic rings. The van der Waals surface area contributed by atoms with Gasteiger partial charge in [0.15, 0.2) is 0 Å². The predicted molar refractivity (Wildman–Crippen MR) is 58.5 cm³/mol. The van der Waals surface area contributed by atoms with Gasteiger partial charge in [0.25, 0.3) is 0 Å². The van der Waals surface area contributed by atoms with Crippen molar-refractivity contribution >= 4 is 0 Å². The maximum absolute atomic E-state index is 8.76. The van der Waals surface area contributed by atoms with E-state index in [4.69, 9.17) is 5.26 Å². The lowest BCUT2D eigenvalue weighted by Gasteiger charge is -2.23. The molecule has 0 unspecified atom stereocenters. The van der Waals surface area contributed by atoms with Crippen LogP contribution in [0.4, 0.5) is 0 Å². The second kappa shape index (κ2) is 4.41. The van der Waals surface area contributed by atoms with E-state index in [0.717, 1.165) is 31.5 Å². The molecule has 1 aliphatic heterocycles. The molecule has 1 aromatic rings. The van der Waals surface area contributed by atoms with Crippen LogP contribution in [0.5, 0.6) is 0 Å². The fraction of sp³-hybridized carbons (Fsp3) is 0.500. The third kappa shape index (κ3) is 2.16. The van der Waals surface area contributed by atoms with E-state index >= 15 is 0 Å². The van der Waals surface area contributed by atoms with Crippen LogP contribution in [0.15, 0.2) is 12.3 Å². The first kappa shape index (κ1) is 10.1. The number of hydrogen-bond donors (Lipinski definition) is 1. The maximum atomic E-state index is 8.76. The van der Waals surface area contributed by atoms with Crippen molar-refractivity contribution in [1.82, 2.24) is 10.3 Å². The average molecular weight is 201 g/mol. The molecule has 3 nitrogen and oxygen atoms in total. The van der Waals surface area contributed by atoms with E-state index in [1.54, 1.807) is 6.20 Å². The minimum absolute atomic E-state index is 0.569. The Hall–Kier alpha value is -1.40. The highest BCUT2D eigenvalue weighted by Gasteiger charge is 2.18. The number of pyridine rings is 1. The number of aromatic nitrogens is 1. The molecule has 2 heterocycles. The zero-order valence-corrected chi connectivity index (χ0v) is 8.95. The van der Waals surface area contributed by atoms with Gasteiger partial charge in [0, 0.05) is 17.8 Å². The summed E-state index contributed by atoms with van der Waals surface area (Å²) < 4.78 is 0. The molecule has 0 radical (unpaired) electrons. The van der Waals surface area contributed by atoms with Gasteiger partial charge in [-0.2, -0.15) is 5.26 Å². The van der Waals surface area contributed by atoms with Crippen molar-refractivity contribution < 1.29 is 0 Å². The Labute approximate surface area is 90.1 Å². The van der Waals surface area contributed by atoms with Crippen LogP contribution in [0.1, 0.15) is 35.6 Å². The SMILES string of the molecule is Cc1cc(C#N)cnc1C1CCNCC1. The summed E-state index contributed by atoms with van der Waals surface area (Å²) in [4.78, 5) is 4.42. The molecule has 0 aromatic carbocycles. The molecule has 1 fully saturated rings. The maximum Gasteiger partial charge on any atom is 0.101 e. The highest BCUT2D eigenvalue weighted by Crippen LogP contribution is 2.26. The number of piperidine rings is 1. The summed E-state index contributed by atoms with van der Waals surface area (Å²) in [5, 5.41) is 12.1. The Morgan fingerprint density at radius 2 is 2.20 bits per heavy atom. The molecular formula is C12H15N3. The number of nitriles is 1. The summed E-state index contributed by atoms with van der Waals surface area (Å²) in [6, 6.07) is 4.06. The van der Waals surface area contributed by atoms with Crippen molar-refractivity contribution in [3.05, 3.63) is 29.1 Å². The van der Waals surface area contributed by atoms with Crippen molar-refractivity contribution in [2.75, 3.05) is 13.1 Å². The van der Waals surface area contributed by atoms with Gasteiger partial charge >= 0.3 is 0 Å². The lowest BCUT2D eigenvalue weighted by molar-refractivity contribution is 0.452. The number of nitrogens with zero attached hydrogens (tertiary/aromatic N) is 2. The van der Waals surface area contributed by atoms with Crippen LogP contribution in [0.3, 0.4) is 0 Å². The van der Waals surface area contributed by atoms with E-state index in [1.807, 2.05) is 13.0 Å². The molecule has 0 atom stereocenters. The fourth-order valence-corrected chi connectivity index (χ4v) is 2.17. The highest BCUT2D eigenvalue weighted by atomic mass is 14.9. The summed E-state index contributed by atoms with van der Waals surface area (Å²) in [5.41, 5.74) is 2.99. The number of rotatable bonds is 1. The van der Waals surface area contributed by atoms with Crippen LogP contribution in [0.2, 0.25) is 0 Å². The largest absolute Gasteiger partial charge is 0.317 e. The molecule has 1 N–H and O–H groups in total. The molecular weight excluding hydrogens is 186 g/mol. The van der Waals surface area contributed by atoms with Gasteiger partial charge in [-0.05, 0) is 44.5 Å². The van der Waals surface area contributed by atoms with Crippen molar-refractivity contribution in [3.8, 4) is 6.07 Å². The molecule has 1 aromatic heterocycles. The monoisotopic (exact) mass is 201 g/mol. The highest BCUT2D eigenvalue weighted by molar-refractivity contribution is 5.33. The topological polar surface area (TPSA) is 48.7 Å². The Balaban J connectivity index is 2.24. The lowest BCUT2D eigenvalue weighted by atomic mass is 9.91. The molecule has 0 bridgehead atoms. The van der Waals surface area contributed by atoms with Gasteiger partial charge in [-0.3, -0.25) is 4.98 Å². The summed E-state index contributed by atoms with van der Waals surface area (Å²) in [6.45, 7) is 4.20. The van der Waals surface area contributed by atoms with Crippen LogP contribution >= 0.6 is 0 Å². The Kier molecular flexibility index (Phi) is 2.98. The van der Waals surface area contributed by atoms with Gasteiger partial charge < -0.3 is 5.32 Å². The Morgan fingerprint density at radius 1 is 1.47 bits per heavy atom. The van der Waals surface area contributed by atoms with Crippen LogP contribution in [0, 0.1) is 18.3 Å². The van der Waals surface area contributed by atoms with Gasteiger partial charge in [0.1, 0.15) is 6.07 Å². The van der Waals surface area contributed by atoms with Gasteiger partial charge in [0.05, 0.1) is 5.56 Å². The van der Waals surface area contributed by atoms with Crippen LogP contribution in [-0.4, -0.2) is 18.1 Å². The second-order valence-corrected chi connectivity index (χ2v) is 4.06. The van der Waals surface area contributed by atoms with Gasteiger partial charge in [-0.1, -0.05) is 0 Å². The standard InChI is InChI=1S/C12H15N3/c1-9-6-10(7-13)8-15-12(9)11-2-4-14-5-3-11/h6,8,11,14H,2-5H2,1H3. The minimum Gasteiger partial charge on any atom is -0.317 e. The zero-order valence-electron chi connectivity index (χ0n) is 8.95. The third-order valence-electron chi connectivity index (χ3n) is 2.97. The van der Waals surface area contributed by atoms with Crippen LogP contribution in [-0.2, 0) is 0 Å². The molecule has 3 heteroatoms. The fourth-order valence-electron chi connectivity index (χ4n) is 2.17. The van der Waals surface area contributed by atoms with Gasteiger partial charge in [0.2, 0.25) is 0 Å². The molecule has 0 aliphatic carbocycles. The van der Waals surface area contributed by atoms with E-state index in [0.29, 0.717) is 11.5 Å². The number of hydrogen-bond acceptors (Lipinski definition) is 3. The quantitative estimate of drug-likeness (QED) is 0.752. The molecule has 0 spiro atoms. The Bertz CT molecular complexity index is 386. The van der Waals surface area contributed by atoms with E-state index in [2.05, 4.69) is 16.4 Å². The zero-order chi connectivity index (χ0) is 10.7. The number of aryl methyl sites for hydroxylation is 1. The minimum atomic E-state index is 0.569. The average Bonchev–Trinajstić information content (AvgIpc) is 2.30. The van der Waals surface area contributed by atoms with Crippen molar-refractivity contribution in [2.24, 2.45) is 0 Å². The second-order valence-electron chi connectivity index (χ2n) is 4.06. The van der Waals surface area contributed by atoms with Crippen molar-refractivity contribution in [3.63, 3.8) is 0 Å².